The van der Waals surface area contributed by atoms with E-state index in [0.717, 1.165) is 6.07 Å². The Bertz CT molecular complexity index is 1310. The van der Waals surface area contributed by atoms with Gasteiger partial charge in [0.25, 0.3) is 11.5 Å². The number of aromatic nitrogens is 1. The van der Waals surface area contributed by atoms with E-state index >= 15 is 0 Å². The van der Waals surface area contributed by atoms with Gasteiger partial charge in [0.15, 0.2) is 0 Å². The van der Waals surface area contributed by atoms with Crippen LogP contribution in [0.2, 0.25) is 5.02 Å². The number of nitrogens with one attached hydrogen (secondary N) is 2. The first-order valence-electron chi connectivity index (χ1n) is 10.6. The summed E-state index contributed by atoms with van der Waals surface area (Å²) < 4.78 is 118. The third-order valence-electron chi connectivity index (χ3n) is 5.38. The minimum atomic E-state index is -5.28. The quantitative estimate of drug-likeness (QED) is 0.461. The lowest BCUT2D eigenvalue weighted by molar-refractivity contribution is -0.277. The van der Waals surface area contributed by atoms with E-state index in [0.29, 0.717) is 12.1 Å². The van der Waals surface area contributed by atoms with Crippen molar-refractivity contribution in [1.82, 2.24) is 15.6 Å². The van der Waals surface area contributed by atoms with Crippen molar-refractivity contribution in [3.8, 4) is 0 Å². The van der Waals surface area contributed by atoms with E-state index in [1.165, 1.54) is 19.1 Å². The number of pyridine rings is 1. The smallest absolute Gasteiger partial charge is 0.372 e. The van der Waals surface area contributed by atoms with E-state index < -0.39 is 71.9 Å². The standard InChI is InChI=1S/C22H16ClF9N4O3/c1-10-4-11(2-3-13(10)18(38)33-8-17(37)34-9-20(24,25)26)14-7-19(39-36-14,22(30,31)32)15-5-12(23)6-16(35-15)21(27,28)29/h2-6H,7-9H2,1H3,(H,33,38)(H,34,37)/t19-/m1/s1. The van der Waals surface area contributed by atoms with E-state index in [-0.39, 0.29) is 22.4 Å². The maximum Gasteiger partial charge on any atom is 0.437 e. The van der Waals surface area contributed by atoms with Crippen LogP contribution in [0.1, 0.15) is 39.3 Å². The maximum absolute atomic E-state index is 14.2. The van der Waals surface area contributed by atoms with Gasteiger partial charge >= 0.3 is 18.5 Å². The number of alkyl halides is 9. The second-order valence-corrected chi connectivity index (χ2v) is 8.73. The zero-order chi connectivity index (χ0) is 29.4. The topological polar surface area (TPSA) is 92.7 Å². The van der Waals surface area contributed by atoms with Gasteiger partial charge in [-0.2, -0.15) is 39.5 Å². The van der Waals surface area contributed by atoms with E-state index in [1.807, 2.05) is 0 Å². The van der Waals surface area contributed by atoms with Crippen LogP contribution >= 0.6 is 11.6 Å². The molecule has 3 rings (SSSR count). The lowest BCUT2D eigenvalue weighted by atomic mass is 9.89. The Kier molecular flexibility index (Phi) is 8.11. The van der Waals surface area contributed by atoms with Gasteiger partial charge in [0.05, 0.1) is 24.4 Å². The molecule has 0 spiro atoms. The Hall–Kier alpha value is -3.56. The maximum atomic E-state index is 14.2. The van der Waals surface area contributed by atoms with Gasteiger partial charge in [-0.15, -0.1) is 0 Å². The summed E-state index contributed by atoms with van der Waals surface area (Å²) in [6.07, 6.45) is -16.1. The number of hydrogen-bond donors (Lipinski definition) is 2. The highest BCUT2D eigenvalue weighted by Crippen LogP contribution is 2.49. The first-order valence-corrected chi connectivity index (χ1v) is 11.0. The van der Waals surface area contributed by atoms with E-state index in [1.54, 1.807) is 5.32 Å². The molecule has 1 aromatic heterocycles. The molecule has 2 amide bonds. The summed E-state index contributed by atoms with van der Waals surface area (Å²) in [5.74, 6) is -1.97. The second-order valence-electron chi connectivity index (χ2n) is 8.29. The molecule has 0 fully saturated rings. The van der Waals surface area contributed by atoms with Crippen LogP contribution in [0.25, 0.3) is 0 Å². The van der Waals surface area contributed by atoms with Gasteiger partial charge in [-0.3, -0.25) is 9.59 Å². The van der Waals surface area contributed by atoms with E-state index in [9.17, 15) is 49.1 Å². The van der Waals surface area contributed by atoms with Gasteiger partial charge in [0, 0.05) is 10.6 Å². The van der Waals surface area contributed by atoms with Crippen molar-refractivity contribution in [2.75, 3.05) is 13.1 Å². The molecule has 0 radical (unpaired) electrons. The van der Waals surface area contributed by atoms with Crippen LogP contribution in [-0.4, -0.2) is 48.0 Å². The third-order valence-corrected chi connectivity index (χ3v) is 5.60. The van der Waals surface area contributed by atoms with Crippen molar-refractivity contribution in [2.24, 2.45) is 5.16 Å². The fourth-order valence-electron chi connectivity index (χ4n) is 3.49. The van der Waals surface area contributed by atoms with Crippen molar-refractivity contribution >= 4 is 29.1 Å². The van der Waals surface area contributed by atoms with Crippen molar-refractivity contribution in [3.63, 3.8) is 0 Å². The molecule has 2 N–H and O–H groups in total. The van der Waals surface area contributed by atoms with Crippen molar-refractivity contribution in [3.05, 3.63) is 63.4 Å². The number of nitrogens with zero attached hydrogens (tertiary/aromatic N) is 2. The number of carbonyl (C=O) groups excluding carboxylic acids is 2. The Labute approximate surface area is 218 Å². The number of hydrogen-bond acceptors (Lipinski definition) is 5. The molecule has 0 unspecified atom stereocenters. The van der Waals surface area contributed by atoms with Crippen LogP contribution in [0.15, 0.2) is 35.5 Å². The first kappa shape index (κ1) is 30.0. The number of aryl methyl sites for hydroxylation is 1. The van der Waals surface area contributed by atoms with Crippen molar-refractivity contribution < 1.29 is 53.9 Å². The minimum Gasteiger partial charge on any atom is -0.372 e. The lowest BCUT2D eigenvalue weighted by Crippen LogP contribution is -2.43. The molecule has 0 saturated carbocycles. The Balaban J connectivity index is 1.81. The average Bonchev–Trinajstić information content (AvgIpc) is 3.27. The van der Waals surface area contributed by atoms with Gasteiger partial charge in [-0.1, -0.05) is 22.8 Å². The summed E-state index contributed by atoms with van der Waals surface area (Å²) in [7, 11) is 0. The lowest BCUT2D eigenvalue weighted by Gasteiger charge is -2.29. The van der Waals surface area contributed by atoms with Crippen LogP contribution in [0.5, 0.6) is 0 Å². The Morgan fingerprint density at radius 1 is 1.03 bits per heavy atom. The molecule has 1 aromatic carbocycles. The van der Waals surface area contributed by atoms with Crippen LogP contribution in [0, 0.1) is 6.92 Å². The van der Waals surface area contributed by atoms with Gasteiger partial charge in [0.2, 0.25) is 5.91 Å². The highest BCUT2D eigenvalue weighted by atomic mass is 35.5. The summed E-state index contributed by atoms with van der Waals surface area (Å²) in [6, 6.07) is 4.51. The number of carbonyl (C=O) groups is 2. The number of oxime groups is 1. The van der Waals surface area contributed by atoms with Crippen molar-refractivity contribution in [1.29, 1.82) is 0 Å². The Morgan fingerprint density at radius 2 is 1.69 bits per heavy atom. The molecule has 39 heavy (non-hydrogen) atoms. The largest absolute Gasteiger partial charge is 0.437 e. The molecular weight excluding hydrogens is 575 g/mol. The first-order chi connectivity index (χ1) is 17.8. The SMILES string of the molecule is Cc1cc(C2=NO[C@](c3cc(Cl)cc(C(F)(F)F)n3)(C(F)(F)F)C2)ccc1C(=O)NCC(=O)NCC(F)(F)F. The van der Waals surface area contributed by atoms with E-state index in [4.69, 9.17) is 11.6 Å². The Morgan fingerprint density at radius 3 is 2.26 bits per heavy atom. The highest BCUT2D eigenvalue weighted by molar-refractivity contribution is 6.30. The molecule has 0 bridgehead atoms. The zero-order valence-corrected chi connectivity index (χ0v) is 20.2. The van der Waals surface area contributed by atoms with Crippen LogP contribution in [0.4, 0.5) is 39.5 Å². The summed E-state index contributed by atoms with van der Waals surface area (Å²) in [4.78, 5) is 31.6. The predicted octanol–water partition coefficient (Wildman–Crippen LogP) is 5.05. The predicted molar refractivity (Wildman–Crippen MR) is 117 cm³/mol. The molecule has 1 aliphatic rings. The summed E-state index contributed by atoms with van der Waals surface area (Å²) >= 11 is 5.64. The van der Waals surface area contributed by atoms with Gasteiger partial charge < -0.3 is 15.5 Å². The molecule has 2 aromatic rings. The van der Waals surface area contributed by atoms with E-state index in [2.05, 4.69) is 20.3 Å². The average molecular weight is 591 g/mol. The summed E-state index contributed by atoms with van der Waals surface area (Å²) in [6.45, 7) is -0.998. The molecular formula is C22H16ClF9N4O3. The third kappa shape index (κ3) is 6.91. The second kappa shape index (κ2) is 10.5. The fraction of sp³-hybridized carbons (Fsp3) is 0.364. The summed E-state index contributed by atoms with van der Waals surface area (Å²) in [5.41, 5.74) is -6.40. The number of rotatable bonds is 6. The van der Waals surface area contributed by atoms with Gasteiger partial charge in [0.1, 0.15) is 12.2 Å². The molecule has 212 valence electrons. The normalized spacial score (nSPS) is 17.9. The van der Waals surface area contributed by atoms with Crippen molar-refractivity contribution in [2.45, 2.75) is 37.5 Å². The zero-order valence-electron chi connectivity index (χ0n) is 19.4. The summed E-state index contributed by atoms with van der Waals surface area (Å²) in [5, 5.41) is 6.44. The molecule has 0 saturated heterocycles. The monoisotopic (exact) mass is 590 g/mol. The highest BCUT2D eigenvalue weighted by Gasteiger charge is 2.64. The van der Waals surface area contributed by atoms with Crippen LogP contribution in [-0.2, 0) is 21.4 Å². The molecule has 1 atom stereocenters. The molecule has 17 heteroatoms. The minimum absolute atomic E-state index is 0.0242. The fourth-order valence-corrected chi connectivity index (χ4v) is 3.69. The molecule has 0 aliphatic carbocycles. The van der Waals surface area contributed by atoms with Gasteiger partial charge in [-0.05, 0) is 42.3 Å². The molecule has 2 heterocycles. The number of benzene rings is 1. The van der Waals surface area contributed by atoms with Gasteiger partial charge in [-0.25, -0.2) is 4.98 Å². The molecule has 1 aliphatic heterocycles. The number of halogens is 10. The number of amides is 2. The van der Waals surface area contributed by atoms with Crippen LogP contribution < -0.4 is 10.6 Å². The molecule has 7 nitrogen and oxygen atoms in total. The van der Waals surface area contributed by atoms with Crippen LogP contribution in [0.3, 0.4) is 0 Å².